The van der Waals surface area contributed by atoms with Crippen LogP contribution in [0.3, 0.4) is 0 Å². The fourth-order valence-corrected chi connectivity index (χ4v) is 3.35. The molecule has 1 amide bonds. The van der Waals surface area contributed by atoms with Crippen LogP contribution in [-0.2, 0) is 22.7 Å². The van der Waals surface area contributed by atoms with Crippen molar-refractivity contribution in [1.82, 2.24) is 9.78 Å². The van der Waals surface area contributed by atoms with E-state index in [0.717, 1.165) is 28.1 Å². The first-order valence-corrected chi connectivity index (χ1v) is 9.40. The van der Waals surface area contributed by atoms with Crippen molar-refractivity contribution < 1.29 is 19.1 Å². The van der Waals surface area contributed by atoms with Gasteiger partial charge in [0.05, 0.1) is 24.1 Å². The van der Waals surface area contributed by atoms with Gasteiger partial charge >= 0.3 is 5.97 Å². The van der Waals surface area contributed by atoms with E-state index in [1.54, 1.807) is 42.1 Å². The van der Waals surface area contributed by atoms with Crippen LogP contribution in [0.5, 0.6) is 5.75 Å². The summed E-state index contributed by atoms with van der Waals surface area (Å²) in [6, 6.07) is 12.6. The summed E-state index contributed by atoms with van der Waals surface area (Å²) in [6.45, 7) is 4.53. The first kappa shape index (κ1) is 18.7. The lowest BCUT2D eigenvalue weighted by atomic mass is 10.0. The summed E-state index contributed by atoms with van der Waals surface area (Å²) in [5.74, 6) is 0.127. The maximum Gasteiger partial charge on any atom is 0.338 e. The monoisotopic (exact) mass is 391 g/mol. The van der Waals surface area contributed by atoms with E-state index >= 15 is 0 Å². The Morgan fingerprint density at radius 1 is 1.24 bits per heavy atom. The average Bonchev–Trinajstić information content (AvgIpc) is 3.11. The van der Waals surface area contributed by atoms with Gasteiger partial charge in [-0.15, -0.1) is 0 Å². The summed E-state index contributed by atoms with van der Waals surface area (Å²) in [4.78, 5) is 24.5. The molecule has 0 fully saturated rings. The third-order valence-electron chi connectivity index (χ3n) is 4.64. The van der Waals surface area contributed by atoms with E-state index in [4.69, 9.17) is 9.47 Å². The summed E-state index contributed by atoms with van der Waals surface area (Å²) in [7, 11) is 0. The Labute approximate surface area is 168 Å². The Balaban J connectivity index is 1.53. The molecule has 0 saturated carbocycles. The molecule has 4 rings (SSSR count). The number of aryl methyl sites for hydroxylation is 1. The maximum absolute atomic E-state index is 12.6. The molecule has 0 unspecified atom stereocenters. The Bertz CT molecular complexity index is 1090. The maximum atomic E-state index is 12.6. The Morgan fingerprint density at radius 2 is 2.10 bits per heavy atom. The zero-order valence-corrected chi connectivity index (χ0v) is 16.3. The van der Waals surface area contributed by atoms with Gasteiger partial charge in [-0.2, -0.15) is 5.10 Å². The number of rotatable bonds is 5. The average molecular weight is 391 g/mol. The molecule has 0 atom stereocenters. The molecule has 0 saturated heterocycles. The van der Waals surface area contributed by atoms with E-state index in [-0.39, 0.29) is 12.5 Å². The van der Waals surface area contributed by atoms with Crippen LogP contribution in [0.25, 0.3) is 11.3 Å². The number of nitrogens with one attached hydrogen (secondary N) is 1. The Hall–Kier alpha value is -3.61. The molecule has 1 N–H and O–H groups in total. The van der Waals surface area contributed by atoms with Crippen LogP contribution in [0.15, 0.2) is 48.7 Å². The van der Waals surface area contributed by atoms with E-state index in [9.17, 15) is 9.59 Å². The Kier molecular flexibility index (Phi) is 5.03. The molecule has 1 aliphatic heterocycles. The minimum atomic E-state index is -0.420. The van der Waals surface area contributed by atoms with Crippen LogP contribution < -0.4 is 10.1 Å². The van der Waals surface area contributed by atoms with Crippen molar-refractivity contribution in [3.63, 3.8) is 0 Å². The number of hydrogen-bond acceptors (Lipinski definition) is 5. The molecule has 7 nitrogen and oxygen atoms in total. The largest absolute Gasteiger partial charge is 0.488 e. The van der Waals surface area contributed by atoms with Gasteiger partial charge in [0.25, 0.3) is 0 Å². The standard InChI is InChI=1S/C22H21N3O4/c1-3-28-22(27)15-5-4-6-17(10-15)24-20(26)12-25-21-16(11-23-25)13-29-19-8-7-14(2)9-18(19)21/h4-11H,3,12-13H2,1-2H3,(H,24,26). The molecule has 2 aromatic carbocycles. The lowest BCUT2D eigenvalue weighted by Crippen LogP contribution is -2.21. The van der Waals surface area contributed by atoms with Crippen LogP contribution in [0.2, 0.25) is 0 Å². The summed E-state index contributed by atoms with van der Waals surface area (Å²) in [5, 5.41) is 7.20. The highest BCUT2D eigenvalue weighted by atomic mass is 16.5. The highest BCUT2D eigenvalue weighted by Gasteiger charge is 2.23. The van der Waals surface area contributed by atoms with Gasteiger partial charge in [-0.25, -0.2) is 4.79 Å². The van der Waals surface area contributed by atoms with Crippen molar-refractivity contribution in [2.24, 2.45) is 0 Å². The second-order valence-electron chi connectivity index (χ2n) is 6.81. The summed E-state index contributed by atoms with van der Waals surface area (Å²) in [5.41, 5.74) is 4.79. The number of benzene rings is 2. The lowest BCUT2D eigenvalue weighted by molar-refractivity contribution is -0.116. The number of ether oxygens (including phenoxy) is 2. The minimum absolute atomic E-state index is 0.0480. The van der Waals surface area contributed by atoms with E-state index in [1.807, 2.05) is 25.1 Å². The van der Waals surface area contributed by atoms with Crippen LogP contribution >= 0.6 is 0 Å². The molecule has 0 bridgehead atoms. The fourth-order valence-electron chi connectivity index (χ4n) is 3.35. The van der Waals surface area contributed by atoms with Crippen molar-refractivity contribution >= 4 is 17.6 Å². The van der Waals surface area contributed by atoms with Gasteiger partial charge in [0.1, 0.15) is 18.9 Å². The van der Waals surface area contributed by atoms with Crippen LogP contribution in [0, 0.1) is 6.92 Å². The van der Waals surface area contributed by atoms with Crippen LogP contribution in [0.4, 0.5) is 5.69 Å². The van der Waals surface area contributed by atoms with Crippen molar-refractivity contribution in [2.75, 3.05) is 11.9 Å². The number of carbonyl (C=O) groups is 2. The van der Waals surface area contributed by atoms with Crippen molar-refractivity contribution in [3.05, 3.63) is 65.4 Å². The second kappa shape index (κ2) is 7.79. The zero-order valence-electron chi connectivity index (χ0n) is 16.3. The van der Waals surface area contributed by atoms with Gasteiger partial charge in [-0.3, -0.25) is 9.48 Å². The molecule has 148 valence electrons. The van der Waals surface area contributed by atoms with E-state index in [1.165, 1.54) is 0 Å². The molecular weight excluding hydrogens is 370 g/mol. The van der Waals surface area contributed by atoms with Gasteiger partial charge in [0, 0.05) is 16.8 Å². The number of nitrogens with zero attached hydrogens (tertiary/aromatic N) is 2. The minimum Gasteiger partial charge on any atom is -0.488 e. The van der Waals surface area contributed by atoms with Gasteiger partial charge in [-0.1, -0.05) is 17.7 Å². The number of carbonyl (C=O) groups excluding carboxylic acids is 2. The zero-order chi connectivity index (χ0) is 20.4. The number of amides is 1. The van der Waals surface area contributed by atoms with Gasteiger partial charge in [-0.05, 0) is 44.2 Å². The molecule has 29 heavy (non-hydrogen) atoms. The van der Waals surface area contributed by atoms with E-state index in [2.05, 4.69) is 10.4 Å². The summed E-state index contributed by atoms with van der Waals surface area (Å²) in [6.07, 6.45) is 1.73. The smallest absolute Gasteiger partial charge is 0.338 e. The first-order chi connectivity index (χ1) is 14.0. The lowest BCUT2D eigenvalue weighted by Gasteiger charge is -2.19. The van der Waals surface area contributed by atoms with Crippen molar-refractivity contribution in [1.29, 1.82) is 0 Å². The predicted octanol–water partition coefficient (Wildman–Crippen LogP) is 3.57. The van der Waals surface area contributed by atoms with Crippen LogP contribution in [-0.4, -0.2) is 28.3 Å². The third kappa shape index (κ3) is 3.85. The van der Waals surface area contributed by atoms with Gasteiger partial charge in [0.2, 0.25) is 5.91 Å². The topological polar surface area (TPSA) is 82.5 Å². The summed E-state index contributed by atoms with van der Waals surface area (Å²) < 4.78 is 12.5. The van der Waals surface area contributed by atoms with Crippen molar-refractivity contribution in [3.8, 4) is 17.0 Å². The SMILES string of the molecule is CCOC(=O)c1cccc(NC(=O)Cn2ncc3c2-c2cc(C)ccc2OC3)c1. The highest BCUT2D eigenvalue weighted by Crippen LogP contribution is 2.37. The highest BCUT2D eigenvalue weighted by molar-refractivity contribution is 5.94. The molecule has 2 heterocycles. The molecule has 1 aromatic heterocycles. The fraction of sp³-hybridized carbons (Fsp3) is 0.227. The van der Waals surface area contributed by atoms with Gasteiger partial charge < -0.3 is 14.8 Å². The normalized spacial score (nSPS) is 11.8. The number of anilines is 1. The summed E-state index contributed by atoms with van der Waals surface area (Å²) >= 11 is 0. The third-order valence-corrected chi connectivity index (χ3v) is 4.64. The van der Waals surface area contributed by atoms with Gasteiger partial charge in [0.15, 0.2) is 0 Å². The molecular formula is C22H21N3O4. The first-order valence-electron chi connectivity index (χ1n) is 9.40. The Morgan fingerprint density at radius 3 is 2.93 bits per heavy atom. The molecule has 1 aliphatic rings. The predicted molar refractivity (Wildman–Crippen MR) is 108 cm³/mol. The number of esters is 1. The quantitative estimate of drug-likeness (QED) is 0.673. The van der Waals surface area contributed by atoms with E-state index < -0.39 is 5.97 Å². The number of aromatic nitrogens is 2. The molecule has 7 heteroatoms. The number of hydrogen-bond donors (Lipinski definition) is 1. The molecule has 0 aliphatic carbocycles. The molecule has 0 spiro atoms. The van der Waals surface area contributed by atoms with Crippen molar-refractivity contribution in [2.45, 2.75) is 27.0 Å². The molecule has 0 radical (unpaired) electrons. The van der Waals surface area contributed by atoms with E-state index in [0.29, 0.717) is 24.5 Å². The number of fused-ring (bicyclic) bond motifs is 3. The second-order valence-corrected chi connectivity index (χ2v) is 6.81. The molecule has 3 aromatic rings. The van der Waals surface area contributed by atoms with Crippen LogP contribution in [0.1, 0.15) is 28.4 Å².